The van der Waals surface area contributed by atoms with E-state index in [2.05, 4.69) is 194 Å². The summed E-state index contributed by atoms with van der Waals surface area (Å²) in [4.78, 5) is 18.3. The minimum atomic E-state index is -0.583. The highest BCUT2D eigenvalue weighted by Crippen LogP contribution is 2.65. The molecule has 60 heavy (non-hydrogen) atoms. The van der Waals surface area contributed by atoms with Gasteiger partial charge in [-0.25, -0.2) is 9.97 Å². The summed E-state index contributed by atoms with van der Waals surface area (Å²) in [6.45, 7) is 0. The molecule has 0 N–H and O–H groups in total. The molecule has 1 aliphatic carbocycles. The molecule has 1 spiro atoms. The first kappa shape index (κ1) is 34.6. The summed E-state index contributed by atoms with van der Waals surface area (Å²) in [5.74, 6) is 0.697. The molecule has 0 fully saturated rings. The van der Waals surface area contributed by atoms with Crippen LogP contribution in [0.3, 0.4) is 0 Å². The normalized spacial score (nSPS) is 13.1. The van der Waals surface area contributed by atoms with Gasteiger partial charge in [0.15, 0.2) is 5.82 Å². The van der Waals surface area contributed by atoms with Crippen molar-refractivity contribution in [2.75, 3.05) is 0 Å². The van der Waals surface area contributed by atoms with Crippen LogP contribution in [-0.4, -0.2) is 15.0 Å². The summed E-state index contributed by atoms with van der Waals surface area (Å²) in [5, 5.41) is 1.13. The zero-order valence-electron chi connectivity index (χ0n) is 32.5. The first-order valence-corrected chi connectivity index (χ1v) is 21.2. The van der Waals surface area contributed by atoms with Gasteiger partial charge in [-0.15, -0.1) is 0 Å². The van der Waals surface area contributed by atoms with E-state index in [1.807, 2.05) is 30.1 Å². The Labute approximate surface area is 353 Å². The highest BCUT2D eigenvalue weighted by atomic mass is 32.2. The number of rotatable bonds is 5. The second kappa shape index (κ2) is 13.9. The predicted molar refractivity (Wildman–Crippen MR) is 246 cm³/mol. The topological polar surface area (TPSA) is 38.7 Å². The van der Waals surface area contributed by atoms with E-state index < -0.39 is 5.41 Å². The molecule has 0 amide bonds. The Morgan fingerprint density at radius 2 is 0.900 bits per heavy atom. The van der Waals surface area contributed by atoms with Gasteiger partial charge in [0.2, 0.25) is 0 Å². The van der Waals surface area contributed by atoms with Gasteiger partial charge in [0.25, 0.3) is 0 Å². The SMILES string of the molecule is c1ccc(-c2cc(-c3cccc4c3-c3c(-c5ccc(-c6ccccc6)c6cccnc56)cccc3C43c4ccccc4Sc4ccccc43)nc(-c3ccccc3)n2)cc1. The summed E-state index contributed by atoms with van der Waals surface area (Å²) in [6, 6.07) is 74.1. The van der Waals surface area contributed by atoms with Crippen LogP contribution in [0.4, 0.5) is 0 Å². The fourth-order valence-electron chi connectivity index (χ4n) is 9.74. The van der Waals surface area contributed by atoms with Gasteiger partial charge in [0.1, 0.15) is 0 Å². The highest BCUT2D eigenvalue weighted by molar-refractivity contribution is 7.99. The van der Waals surface area contributed by atoms with Crippen LogP contribution < -0.4 is 0 Å². The van der Waals surface area contributed by atoms with Crippen LogP contribution in [0.1, 0.15) is 22.3 Å². The molecule has 0 saturated heterocycles. The van der Waals surface area contributed by atoms with Gasteiger partial charge in [0.05, 0.1) is 22.3 Å². The lowest BCUT2D eigenvalue weighted by Gasteiger charge is -2.39. The maximum absolute atomic E-state index is 5.44. The van der Waals surface area contributed by atoms with Crippen LogP contribution in [-0.2, 0) is 5.41 Å². The van der Waals surface area contributed by atoms with E-state index in [0.29, 0.717) is 5.82 Å². The van der Waals surface area contributed by atoms with Crippen molar-refractivity contribution in [3.63, 3.8) is 0 Å². The minimum absolute atomic E-state index is 0.583. The fourth-order valence-corrected chi connectivity index (χ4v) is 10.9. The lowest BCUT2D eigenvalue weighted by Crippen LogP contribution is -2.31. The van der Waals surface area contributed by atoms with E-state index in [4.69, 9.17) is 15.0 Å². The van der Waals surface area contributed by atoms with E-state index >= 15 is 0 Å². The van der Waals surface area contributed by atoms with Gasteiger partial charge >= 0.3 is 0 Å². The Bertz CT molecular complexity index is 3190. The smallest absolute Gasteiger partial charge is 0.160 e. The van der Waals surface area contributed by atoms with Crippen LogP contribution in [0, 0.1) is 0 Å². The number of aromatic nitrogens is 3. The van der Waals surface area contributed by atoms with Crippen molar-refractivity contribution < 1.29 is 0 Å². The van der Waals surface area contributed by atoms with Crippen LogP contribution in [0.25, 0.3) is 78.2 Å². The Hall–Kier alpha value is -7.40. The third-order valence-corrected chi connectivity index (χ3v) is 13.4. The number of pyridine rings is 1. The molecule has 12 rings (SSSR count). The Morgan fingerprint density at radius 3 is 1.58 bits per heavy atom. The number of nitrogens with zero attached hydrogens (tertiary/aromatic N) is 3. The molecule has 8 aromatic carbocycles. The van der Waals surface area contributed by atoms with Crippen molar-refractivity contribution in [2.45, 2.75) is 15.2 Å². The molecule has 3 heterocycles. The average Bonchev–Trinajstić information content (AvgIpc) is 3.63. The molecule has 2 aromatic heterocycles. The zero-order chi connectivity index (χ0) is 39.6. The summed E-state index contributed by atoms with van der Waals surface area (Å²) >= 11 is 1.86. The molecule has 0 saturated carbocycles. The number of fused-ring (bicyclic) bond motifs is 10. The van der Waals surface area contributed by atoms with Gasteiger partial charge in [-0.2, -0.15) is 0 Å². The van der Waals surface area contributed by atoms with Crippen LogP contribution in [0.5, 0.6) is 0 Å². The second-order valence-corrected chi connectivity index (χ2v) is 16.5. The highest BCUT2D eigenvalue weighted by Gasteiger charge is 2.51. The molecular formula is C56H35N3S. The lowest BCUT2D eigenvalue weighted by molar-refractivity contribution is 0.722. The molecule has 4 heteroatoms. The lowest BCUT2D eigenvalue weighted by atomic mass is 9.67. The third kappa shape index (κ3) is 5.21. The largest absolute Gasteiger partial charge is 0.256 e. The minimum Gasteiger partial charge on any atom is -0.256 e. The van der Waals surface area contributed by atoms with E-state index in [1.165, 1.54) is 54.3 Å². The number of hydrogen-bond donors (Lipinski definition) is 0. The first-order valence-electron chi connectivity index (χ1n) is 20.4. The van der Waals surface area contributed by atoms with Crippen molar-refractivity contribution >= 4 is 22.7 Å². The van der Waals surface area contributed by atoms with Crippen molar-refractivity contribution in [2.24, 2.45) is 0 Å². The maximum atomic E-state index is 5.44. The van der Waals surface area contributed by atoms with Crippen molar-refractivity contribution in [3.05, 3.63) is 235 Å². The van der Waals surface area contributed by atoms with Gasteiger partial charge in [-0.05, 0) is 74.3 Å². The monoisotopic (exact) mass is 781 g/mol. The number of hydrogen-bond acceptors (Lipinski definition) is 4. The second-order valence-electron chi connectivity index (χ2n) is 15.4. The summed E-state index contributed by atoms with van der Waals surface area (Å²) in [7, 11) is 0. The van der Waals surface area contributed by atoms with E-state index in [-0.39, 0.29) is 0 Å². The quantitative estimate of drug-likeness (QED) is 0.174. The van der Waals surface area contributed by atoms with Crippen molar-refractivity contribution in [1.29, 1.82) is 0 Å². The molecule has 0 bridgehead atoms. The zero-order valence-corrected chi connectivity index (χ0v) is 33.3. The van der Waals surface area contributed by atoms with Crippen LogP contribution in [0.15, 0.2) is 222 Å². The van der Waals surface area contributed by atoms with Crippen LogP contribution >= 0.6 is 11.8 Å². The van der Waals surface area contributed by atoms with Gasteiger partial charge in [-0.1, -0.05) is 194 Å². The van der Waals surface area contributed by atoms with Crippen LogP contribution in [0.2, 0.25) is 0 Å². The number of benzene rings is 8. The Balaban J connectivity index is 1.21. The van der Waals surface area contributed by atoms with E-state index in [9.17, 15) is 0 Å². The molecule has 0 atom stereocenters. The molecule has 3 nitrogen and oxygen atoms in total. The fraction of sp³-hybridized carbons (Fsp3) is 0.0179. The van der Waals surface area contributed by atoms with Crippen molar-refractivity contribution in [3.8, 4) is 67.3 Å². The standard InChI is InChI=1S/C56H35N3S/c1-4-17-36(18-5-1)39-32-33-42(54-41(39)25-16-34-57-54)40-23-14-28-46-52(40)53-43(49-35-48(37-19-6-2-7-20-37)58-55(59-49)38-21-8-3-9-22-38)24-15-29-47(53)56(46)44-26-10-12-30-50(44)60-51-31-13-11-27-45(51)56/h1-35H. The first-order chi connectivity index (χ1) is 29.8. The van der Waals surface area contributed by atoms with Gasteiger partial charge in [0, 0.05) is 43.6 Å². The maximum Gasteiger partial charge on any atom is 0.160 e. The Kier molecular flexibility index (Phi) is 8.00. The summed E-state index contributed by atoms with van der Waals surface area (Å²) in [6.07, 6.45) is 1.92. The van der Waals surface area contributed by atoms with E-state index in [0.717, 1.165) is 50.1 Å². The predicted octanol–water partition coefficient (Wildman–Crippen LogP) is 14.2. The molecule has 10 aromatic rings. The summed E-state index contributed by atoms with van der Waals surface area (Å²) < 4.78 is 0. The van der Waals surface area contributed by atoms with E-state index in [1.54, 1.807) is 0 Å². The molecular weight excluding hydrogens is 747 g/mol. The molecule has 280 valence electrons. The van der Waals surface area contributed by atoms with Crippen molar-refractivity contribution in [1.82, 2.24) is 15.0 Å². The molecule has 2 aliphatic rings. The third-order valence-electron chi connectivity index (χ3n) is 12.2. The Morgan fingerprint density at radius 1 is 0.367 bits per heavy atom. The van der Waals surface area contributed by atoms with Gasteiger partial charge < -0.3 is 0 Å². The van der Waals surface area contributed by atoms with Gasteiger partial charge in [-0.3, -0.25) is 4.98 Å². The average molecular weight is 782 g/mol. The molecule has 1 aliphatic heterocycles. The summed E-state index contributed by atoms with van der Waals surface area (Å²) in [5.41, 5.74) is 17.3. The molecule has 0 radical (unpaired) electrons. The molecule has 0 unspecified atom stereocenters.